The fourth-order valence-corrected chi connectivity index (χ4v) is 3.61. The number of carbonyl (C=O) groups excluding carboxylic acids is 1. The molecule has 7 nitrogen and oxygen atoms in total. The molecule has 3 aromatic rings. The number of nitrogens with zero attached hydrogens (tertiary/aromatic N) is 1. The van der Waals surface area contributed by atoms with Crippen LogP contribution in [0.15, 0.2) is 66.7 Å². The average Bonchev–Trinajstić information content (AvgIpc) is 2.88. The molecule has 7 heteroatoms. The Hall–Kier alpha value is -3.71. The van der Waals surface area contributed by atoms with Crippen LogP contribution in [0.2, 0.25) is 0 Å². The Kier molecular flexibility index (Phi) is 8.16. The van der Waals surface area contributed by atoms with Crippen LogP contribution in [0.5, 0.6) is 23.0 Å². The lowest BCUT2D eigenvalue weighted by Crippen LogP contribution is -2.40. The average molecular weight is 451 g/mol. The van der Waals surface area contributed by atoms with Crippen molar-refractivity contribution in [1.29, 1.82) is 0 Å². The summed E-state index contributed by atoms with van der Waals surface area (Å²) in [4.78, 5) is 15.2. The second kappa shape index (κ2) is 11.2. The van der Waals surface area contributed by atoms with Gasteiger partial charge in [0.1, 0.15) is 6.04 Å². The molecule has 3 rings (SSSR count). The van der Waals surface area contributed by atoms with Crippen LogP contribution in [0.3, 0.4) is 0 Å². The molecule has 0 aliphatic carbocycles. The predicted octanol–water partition coefficient (Wildman–Crippen LogP) is 4.00. The third-order valence-electron chi connectivity index (χ3n) is 5.44. The first-order valence-corrected chi connectivity index (χ1v) is 10.6. The quantitative estimate of drug-likeness (QED) is 0.503. The summed E-state index contributed by atoms with van der Waals surface area (Å²) in [5.41, 5.74) is 8.79. The summed E-state index contributed by atoms with van der Waals surface area (Å²) in [6, 6.07) is 19.6. The number of rotatable bonds is 10. The highest BCUT2D eigenvalue weighted by Gasteiger charge is 2.25. The van der Waals surface area contributed by atoms with Crippen molar-refractivity contribution in [3.8, 4) is 23.0 Å². The molecule has 1 unspecified atom stereocenters. The van der Waals surface area contributed by atoms with Gasteiger partial charge < -0.3 is 29.6 Å². The topological polar surface area (TPSA) is 83.3 Å². The van der Waals surface area contributed by atoms with Gasteiger partial charge in [0.15, 0.2) is 23.0 Å². The number of nitrogens with two attached hydrogens (primary N) is 1. The minimum atomic E-state index is -0.801. The molecule has 0 aliphatic heterocycles. The van der Waals surface area contributed by atoms with Crippen LogP contribution < -0.4 is 29.6 Å². The van der Waals surface area contributed by atoms with Gasteiger partial charge >= 0.3 is 0 Å². The Morgan fingerprint density at radius 2 is 1.36 bits per heavy atom. The molecule has 0 saturated heterocycles. The number of ether oxygens (including phenoxy) is 4. The first-order valence-electron chi connectivity index (χ1n) is 10.6. The highest BCUT2D eigenvalue weighted by molar-refractivity contribution is 5.98. The Morgan fingerprint density at radius 3 is 1.97 bits per heavy atom. The summed E-state index contributed by atoms with van der Waals surface area (Å²) >= 11 is 0. The molecular weight excluding hydrogens is 420 g/mol. The van der Waals surface area contributed by atoms with Crippen LogP contribution >= 0.6 is 0 Å². The van der Waals surface area contributed by atoms with Crippen molar-refractivity contribution in [2.75, 3.05) is 39.9 Å². The molecule has 0 fully saturated rings. The van der Waals surface area contributed by atoms with Crippen LogP contribution in [0, 0.1) is 0 Å². The minimum Gasteiger partial charge on any atom is -0.493 e. The van der Waals surface area contributed by atoms with Gasteiger partial charge in [0.2, 0.25) is 5.91 Å². The van der Waals surface area contributed by atoms with E-state index in [1.165, 1.54) is 0 Å². The molecule has 1 amide bonds. The molecule has 2 N–H and O–H groups in total. The standard InChI is InChI=1S/C26H30N2O5/c1-30-21-12-10-18(16-23(21)32-3)14-15-28(20-11-13-22(31-2)24(17-20)33-4)26(29)25(27)19-8-6-5-7-9-19/h5-13,16-17,25H,14-15,27H2,1-4H3. The Labute approximate surface area is 194 Å². The summed E-state index contributed by atoms with van der Waals surface area (Å²) in [5.74, 6) is 2.20. The lowest BCUT2D eigenvalue weighted by molar-refractivity contribution is -0.120. The van der Waals surface area contributed by atoms with E-state index < -0.39 is 6.04 Å². The van der Waals surface area contributed by atoms with E-state index in [0.29, 0.717) is 41.7 Å². The van der Waals surface area contributed by atoms with Crippen LogP contribution in [0.1, 0.15) is 17.2 Å². The maximum atomic E-state index is 13.5. The van der Waals surface area contributed by atoms with E-state index in [4.69, 9.17) is 24.7 Å². The second-order valence-electron chi connectivity index (χ2n) is 7.36. The monoisotopic (exact) mass is 450 g/mol. The van der Waals surface area contributed by atoms with E-state index in [2.05, 4.69) is 0 Å². The fraction of sp³-hybridized carbons (Fsp3) is 0.269. The zero-order valence-corrected chi connectivity index (χ0v) is 19.4. The molecule has 174 valence electrons. The van der Waals surface area contributed by atoms with E-state index in [1.54, 1.807) is 45.5 Å². The molecular formula is C26H30N2O5. The van der Waals surface area contributed by atoms with Gasteiger partial charge in [-0.2, -0.15) is 0 Å². The second-order valence-corrected chi connectivity index (χ2v) is 7.36. The van der Waals surface area contributed by atoms with Crippen molar-refractivity contribution in [2.24, 2.45) is 5.73 Å². The number of hydrogen-bond donors (Lipinski definition) is 1. The largest absolute Gasteiger partial charge is 0.493 e. The Bertz CT molecular complexity index is 1070. The molecule has 0 bridgehead atoms. The summed E-state index contributed by atoms with van der Waals surface area (Å²) < 4.78 is 21.5. The highest BCUT2D eigenvalue weighted by atomic mass is 16.5. The molecule has 0 spiro atoms. The van der Waals surface area contributed by atoms with E-state index in [-0.39, 0.29) is 5.91 Å². The molecule has 0 aliphatic rings. The lowest BCUT2D eigenvalue weighted by atomic mass is 10.0. The molecule has 0 heterocycles. The SMILES string of the molecule is COc1ccc(CCN(C(=O)C(N)c2ccccc2)c2ccc(OC)c(OC)c2)cc1OC. The molecule has 1 atom stereocenters. The minimum absolute atomic E-state index is 0.214. The molecule has 0 radical (unpaired) electrons. The van der Waals surface area contributed by atoms with Crippen LogP contribution in [0.25, 0.3) is 0 Å². The van der Waals surface area contributed by atoms with Crippen molar-refractivity contribution < 1.29 is 23.7 Å². The molecule has 3 aromatic carbocycles. The number of methoxy groups -OCH3 is 4. The van der Waals surface area contributed by atoms with Gasteiger partial charge in [0.05, 0.1) is 28.4 Å². The van der Waals surface area contributed by atoms with Crippen molar-refractivity contribution >= 4 is 11.6 Å². The van der Waals surface area contributed by atoms with Crippen molar-refractivity contribution in [2.45, 2.75) is 12.5 Å². The van der Waals surface area contributed by atoms with Gasteiger partial charge in [0.25, 0.3) is 0 Å². The summed E-state index contributed by atoms with van der Waals surface area (Å²) in [6.45, 7) is 0.407. The van der Waals surface area contributed by atoms with Crippen LogP contribution in [-0.2, 0) is 11.2 Å². The normalized spacial score (nSPS) is 11.4. The predicted molar refractivity (Wildman–Crippen MR) is 129 cm³/mol. The van der Waals surface area contributed by atoms with Crippen LogP contribution in [0.4, 0.5) is 5.69 Å². The zero-order valence-electron chi connectivity index (χ0n) is 19.4. The third kappa shape index (κ3) is 5.56. The maximum absolute atomic E-state index is 13.5. The van der Waals surface area contributed by atoms with E-state index in [9.17, 15) is 4.79 Å². The van der Waals surface area contributed by atoms with Gasteiger partial charge in [-0.1, -0.05) is 36.4 Å². The third-order valence-corrected chi connectivity index (χ3v) is 5.44. The van der Waals surface area contributed by atoms with Gasteiger partial charge in [0, 0.05) is 18.3 Å². The fourth-order valence-electron chi connectivity index (χ4n) is 3.61. The molecule has 0 saturated carbocycles. The van der Waals surface area contributed by atoms with Gasteiger partial charge in [-0.3, -0.25) is 4.79 Å². The molecule has 33 heavy (non-hydrogen) atoms. The van der Waals surface area contributed by atoms with Gasteiger partial charge in [-0.25, -0.2) is 0 Å². The Balaban J connectivity index is 1.92. The summed E-state index contributed by atoms with van der Waals surface area (Å²) in [5, 5.41) is 0. The maximum Gasteiger partial charge on any atom is 0.248 e. The van der Waals surface area contributed by atoms with Crippen LogP contribution in [-0.4, -0.2) is 40.9 Å². The van der Waals surface area contributed by atoms with Crippen molar-refractivity contribution in [3.05, 3.63) is 77.9 Å². The number of hydrogen-bond acceptors (Lipinski definition) is 6. The summed E-state index contributed by atoms with van der Waals surface area (Å²) in [6.07, 6.45) is 0.585. The Morgan fingerprint density at radius 1 is 0.788 bits per heavy atom. The van der Waals surface area contributed by atoms with Crippen molar-refractivity contribution in [3.63, 3.8) is 0 Å². The smallest absolute Gasteiger partial charge is 0.248 e. The zero-order chi connectivity index (χ0) is 23.8. The number of benzene rings is 3. The van der Waals surface area contributed by atoms with Gasteiger partial charge in [-0.05, 0) is 41.8 Å². The molecule has 0 aromatic heterocycles. The lowest BCUT2D eigenvalue weighted by Gasteiger charge is -2.27. The van der Waals surface area contributed by atoms with E-state index >= 15 is 0 Å². The first kappa shape index (κ1) is 23.9. The van der Waals surface area contributed by atoms with Crippen molar-refractivity contribution in [1.82, 2.24) is 0 Å². The van der Waals surface area contributed by atoms with Gasteiger partial charge in [-0.15, -0.1) is 0 Å². The number of anilines is 1. The van der Waals surface area contributed by atoms with E-state index in [1.807, 2.05) is 54.6 Å². The highest BCUT2D eigenvalue weighted by Crippen LogP contribution is 2.33. The van der Waals surface area contributed by atoms with E-state index in [0.717, 1.165) is 11.1 Å². The summed E-state index contributed by atoms with van der Waals surface area (Å²) in [7, 11) is 6.33. The first-order chi connectivity index (χ1) is 16.0. The number of carbonyl (C=O) groups is 1. The number of amides is 1.